The van der Waals surface area contributed by atoms with Gasteiger partial charge in [0.15, 0.2) is 0 Å². The van der Waals surface area contributed by atoms with Crippen LogP contribution in [0.15, 0.2) is 32.0 Å². The lowest BCUT2D eigenvalue weighted by molar-refractivity contribution is -0.00515. The minimum absolute atomic E-state index is 0.203. The number of ether oxygens (including phenoxy) is 1. The lowest BCUT2D eigenvalue weighted by atomic mass is 10.1. The zero-order valence-corrected chi connectivity index (χ0v) is 15.0. The van der Waals surface area contributed by atoms with Crippen LogP contribution in [0.2, 0.25) is 0 Å². The lowest BCUT2D eigenvalue weighted by Crippen LogP contribution is -2.40. The number of sulfonamides is 1. The minimum atomic E-state index is -3.57. The summed E-state index contributed by atoms with van der Waals surface area (Å²) in [6.45, 7) is 6.31. The molecule has 1 aromatic carbocycles. The van der Waals surface area contributed by atoms with E-state index < -0.39 is 15.6 Å². The molecule has 0 aliphatic carbocycles. The van der Waals surface area contributed by atoms with Crippen molar-refractivity contribution in [1.29, 1.82) is 0 Å². The average molecular weight is 415 g/mol. The predicted molar refractivity (Wildman–Crippen MR) is 82.7 cm³/mol. The van der Waals surface area contributed by atoms with Gasteiger partial charge in [-0.3, -0.25) is 0 Å². The molecule has 0 bridgehead atoms. The topological polar surface area (TPSA) is 55.4 Å². The van der Waals surface area contributed by atoms with Gasteiger partial charge in [-0.15, -0.1) is 0 Å². The third-order valence-electron chi connectivity index (χ3n) is 2.41. The highest BCUT2D eigenvalue weighted by Crippen LogP contribution is 2.25. The van der Waals surface area contributed by atoms with Gasteiger partial charge >= 0.3 is 0 Å². The first-order chi connectivity index (χ1) is 8.68. The summed E-state index contributed by atoms with van der Waals surface area (Å²) >= 11 is 6.51. The Kier molecular flexibility index (Phi) is 6.00. The van der Waals surface area contributed by atoms with Crippen molar-refractivity contribution in [3.8, 4) is 0 Å². The van der Waals surface area contributed by atoms with Gasteiger partial charge in [0.05, 0.1) is 10.5 Å². The second-order valence-electron chi connectivity index (χ2n) is 4.59. The Balaban J connectivity index is 2.90. The molecule has 108 valence electrons. The molecule has 1 aromatic rings. The van der Waals surface area contributed by atoms with Gasteiger partial charge in [-0.25, -0.2) is 13.1 Å². The standard InChI is InChI=1S/C12H17Br2NO3S/c1-4-18-12(2,3)8-15-19(16,17)11-7-9(13)5-6-10(11)14/h5-7,15H,4,8H2,1-3H3. The number of nitrogens with one attached hydrogen (secondary N) is 1. The van der Waals surface area contributed by atoms with E-state index in [1.54, 1.807) is 18.2 Å². The molecule has 0 aliphatic rings. The summed E-state index contributed by atoms with van der Waals surface area (Å²) in [5, 5.41) is 0. The molecule has 1 rings (SSSR count). The maximum Gasteiger partial charge on any atom is 0.241 e. The Morgan fingerprint density at radius 3 is 2.53 bits per heavy atom. The largest absolute Gasteiger partial charge is 0.375 e. The normalized spacial score (nSPS) is 12.7. The summed E-state index contributed by atoms with van der Waals surface area (Å²) < 4.78 is 33.7. The van der Waals surface area contributed by atoms with Crippen molar-refractivity contribution in [3.05, 3.63) is 27.1 Å². The fourth-order valence-corrected chi connectivity index (χ4v) is 4.17. The van der Waals surface area contributed by atoms with Gasteiger partial charge in [0.25, 0.3) is 0 Å². The fraction of sp³-hybridized carbons (Fsp3) is 0.500. The lowest BCUT2D eigenvalue weighted by Gasteiger charge is -2.25. The van der Waals surface area contributed by atoms with Crippen molar-refractivity contribution in [3.63, 3.8) is 0 Å². The fourth-order valence-electron chi connectivity index (χ4n) is 1.47. The van der Waals surface area contributed by atoms with E-state index in [9.17, 15) is 8.42 Å². The molecule has 0 saturated carbocycles. The molecule has 0 unspecified atom stereocenters. The van der Waals surface area contributed by atoms with Crippen LogP contribution in [0.3, 0.4) is 0 Å². The summed E-state index contributed by atoms with van der Waals surface area (Å²) in [6.07, 6.45) is 0. The molecular weight excluding hydrogens is 398 g/mol. The van der Waals surface area contributed by atoms with E-state index in [2.05, 4.69) is 36.6 Å². The molecule has 1 N–H and O–H groups in total. The van der Waals surface area contributed by atoms with Crippen molar-refractivity contribution in [2.45, 2.75) is 31.3 Å². The Hall–Kier alpha value is 0.0500. The Labute approximate surface area is 131 Å². The van der Waals surface area contributed by atoms with Crippen LogP contribution in [0.1, 0.15) is 20.8 Å². The molecule has 4 nitrogen and oxygen atoms in total. The quantitative estimate of drug-likeness (QED) is 0.776. The molecule has 0 heterocycles. The number of hydrogen-bond acceptors (Lipinski definition) is 3. The molecule has 0 saturated heterocycles. The van der Waals surface area contributed by atoms with E-state index in [0.29, 0.717) is 15.6 Å². The molecular formula is C12H17Br2NO3S. The molecule has 0 aliphatic heterocycles. The summed E-state index contributed by atoms with van der Waals surface area (Å²) in [4.78, 5) is 0.203. The zero-order valence-electron chi connectivity index (χ0n) is 11.0. The van der Waals surface area contributed by atoms with Crippen molar-refractivity contribution in [2.24, 2.45) is 0 Å². The molecule has 19 heavy (non-hydrogen) atoms. The smallest absolute Gasteiger partial charge is 0.241 e. The van der Waals surface area contributed by atoms with Gasteiger partial charge in [0.2, 0.25) is 10.0 Å². The van der Waals surface area contributed by atoms with E-state index in [4.69, 9.17) is 4.74 Å². The second-order valence-corrected chi connectivity index (χ2v) is 8.10. The number of rotatable bonds is 6. The third kappa shape index (κ3) is 5.15. The van der Waals surface area contributed by atoms with Gasteiger partial charge in [-0.05, 0) is 54.9 Å². The summed E-state index contributed by atoms with van der Waals surface area (Å²) in [5.74, 6) is 0. The first kappa shape index (κ1) is 17.1. The first-order valence-corrected chi connectivity index (χ1v) is 8.83. The van der Waals surface area contributed by atoms with Crippen LogP contribution in [0.4, 0.5) is 0 Å². The maximum absolute atomic E-state index is 12.2. The molecule has 0 atom stereocenters. The third-order valence-corrected chi connectivity index (χ3v) is 5.29. The minimum Gasteiger partial charge on any atom is -0.375 e. The van der Waals surface area contributed by atoms with Crippen LogP contribution >= 0.6 is 31.9 Å². The average Bonchev–Trinajstić information content (AvgIpc) is 2.30. The van der Waals surface area contributed by atoms with Crippen molar-refractivity contribution < 1.29 is 13.2 Å². The number of benzene rings is 1. The second kappa shape index (κ2) is 6.67. The van der Waals surface area contributed by atoms with Gasteiger partial charge < -0.3 is 4.74 Å². The number of hydrogen-bond donors (Lipinski definition) is 1. The Bertz CT molecular complexity index is 544. The van der Waals surface area contributed by atoms with Crippen LogP contribution in [-0.2, 0) is 14.8 Å². The van der Waals surface area contributed by atoms with E-state index in [0.717, 1.165) is 0 Å². The monoisotopic (exact) mass is 413 g/mol. The van der Waals surface area contributed by atoms with E-state index in [1.807, 2.05) is 20.8 Å². The SMILES string of the molecule is CCOC(C)(C)CNS(=O)(=O)c1cc(Br)ccc1Br. The van der Waals surface area contributed by atoms with Gasteiger partial charge in [0.1, 0.15) is 0 Å². The zero-order chi connectivity index (χ0) is 14.7. The molecule has 7 heteroatoms. The van der Waals surface area contributed by atoms with Gasteiger partial charge in [-0.1, -0.05) is 15.9 Å². The Morgan fingerprint density at radius 2 is 1.95 bits per heavy atom. The first-order valence-electron chi connectivity index (χ1n) is 5.76. The van der Waals surface area contributed by atoms with Crippen LogP contribution in [-0.4, -0.2) is 27.2 Å². The Morgan fingerprint density at radius 1 is 1.32 bits per heavy atom. The summed E-state index contributed by atoms with van der Waals surface area (Å²) in [5.41, 5.74) is -0.541. The highest BCUT2D eigenvalue weighted by atomic mass is 79.9. The maximum atomic E-state index is 12.2. The molecule has 0 radical (unpaired) electrons. The van der Waals surface area contributed by atoms with Crippen LogP contribution in [0.5, 0.6) is 0 Å². The molecule has 0 aromatic heterocycles. The predicted octanol–water partition coefficient (Wildman–Crippen LogP) is 3.31. The van der Waals surface area contributed by atoms with Gasteiger partial charge in [0, 0.05) is 22.1 Å². The molecule has 0 fully saturated rings. The van der Waals surface area contributed by atoms with Gasteiger partial charge in [-0.2, -0.15) is 0 Å². The van der Waals surface area contributed by atoms with Crippen molar-refractivity contribution in [1.82, 2.24) is 4.72 Å². The van der Waals surface area contributed by atoms with E-state index in [1.165, 1.54) is 0 Å². The summed E-state index contributed by atoms with van der Waals surface area (Å²) in [6, 6.07) is 5.01. The van der Waals surface area contributed by atoms with Crippen molar-refractivity contribution in [2.75, 3.05) is 13.2 Å². The van der Waals surface area contributed by atoms with Crippen LogP contribution in [0.25, 0.3) is 0 Å². The molecule has 0 amide bonds. The number of halogens is 2. The van der Waals surface area contributed by atoms with E-state index >= 15 is 0 Å². The molecule has 0 spiro atoms. The highest BCUT2D eigenvalue weighted by molar-refractivity contribution is 9.11. The van der Waals surface area contributed by atoms with E-state index in [-0.39, 0.29) is 11.4 Å². The summed E-state index contributed by atoms with van der Waals surface area (Å²) in [7, 11) is -3.57. The van der Waals surface area contributed by atoms with Crippen molar-refractivity contribution >= 4 is 41.9 Å². The van der Waals surface area contributed by atoms with Crippen LogP contribution in [0, 0.1) is 0 Å². The highest BCUT2D eigenvalue weighted by Gasteiger charge is 2.24. The van der Waals surface area contributed by atoms with Crippen LogP contribution < -0.4 is 4.72 Å².